The Morgan fingerprint density at radius 3 is 2.79 bits per heavy atom. The van der Waals surface area contributed by atoms with Crippen LogP contribution in [0.5, 0.6) is 11.5 Å². The molecule has 0 radical (unpaired) electrons. The maximum absolute atomic E-state index is 12.2. The van der Waals surface area contributed by atoms with E-state index in [1.54, 1.807) is 25.1 Å². The monoisotopic (exact) mass is 322 g/mol. The molecule has 3 aromatic rings. The molecule has 1 aromatic heterocycles. The first kappa shape index (κ1) is 14.3. The van der Waals surface area contributed by atoms with Gasteiger partial charge in [0.25, 0.3) is 5.91 Å². The number of furan rings is 1. The lowest BCUT2D eigenvalue weighted by molar-refractivity contribution is 0.0954. The van der Waals surface area contributed by atoms with Gasteiger partial charge in [0.1, 0.15) is 11.3 Å². The molecule has 6 nitrogen and oxygen atoms in total. The van der Waals surface area contributed by atoms with Gasteiger partial charge in [-0.2, -0.15) is 5.10 Å². The fourth-order valence-corrected chi connectivity index (χ4v) is 2.45. The molecule has 1 aliphatic rings. The predicted molar refractivity (Wildman–Crippen MR) is 88.5 cm³/mol. The Balaban J connectivity index is 1.52. The SMILES string of the molecule is CC(=NNC(=O)c1ccc2c(c1)OCO2)c1cc2ccccc2o1. The van der Waals surface area contributed by atoms with Crippen molar-refractivity contribution in [3.8, 4) is 11.5 Å². The van der Waals surface area contributed by atoms with Crippen LogP contribution in [0.1, 0.15) is 23.0 Å². The van der Waals surface area contributed by atoms with Crippen LogP contribution in [-0.4, -0.2) is 18.4 Å². The van der Waals surface area contributed by atoms with Crippen molar-refractivity contribution in [2.75, 3.05) is 6.79 Å². The highest BCUT2D eigenvalue weighted by atomic mass is 16.7. The molecule has 24 heavy (non-hydrogen) atoms. The lowest BCUT2D eigenvalue weighted by Crippen LogP contribution is -2.19. The third-order valence-electron chi connectivity index (χ3n) is 3.74. The second-order valence-corrected chi connectivity index (χ2v) is 5.35. The Kier molecular flexibility index (Phi) is 3.42. The number of hydrogen-bond donors (Lipinski definition) is 1. The molecule has 0 fully saturated rings. The van der Waals surface area contributed by atoms with E-state index in [1.807, 2.05) is 30.3 Å². The van der Waals surface area contributed by atoms with Crippen molar-refractivity contribution in [1.82, 2.24) is 5.43 Å². The standard InChI is InChI=1S/C18H14N2O4/c1-11(16-8-12-4-2-3-5-14(12)24-16)19-20-18(21)13-6-7-15-17(9-13)23-10-22-15/h2-9H,10H2,1H3,(H,20,21). The maximum atomic E-state index is 12.2. The summed E-state index contributed by atoms with van der Waals surface area (Å²) < 4.78 is 16.2. The Bertz CT molecular complexity index is 926. The summed E-state index contributed by atoms with van der Waals surface area (Å²) in [5.41, 5.74) is 4.34. The average molecular weight is 322 g/mol. The van der Waals surface area contributed by atoms with E-state index < -0.39 is 0 Å². The van der Waals surface area contributed by atoms with Crippen molar-refractivity contribution < 1.29 is 18.7 Å². The number of nitrogens with zero attached hydrogens (tertiary/aromatic N) is 1. The predicted octanol–water partition coefficient (Wildman–Crippen LogP) is 3.32. The second-order valence-electron chi connectivity index (χ2n) is 5.35. The van der Waals surface area contributed by atoms with E-state index in [9.17, 15) is 4.79 Å². The number of carbonyl (C=O) groups excluding carboxylic acids is 1. The Morgan fingerprint density at radius 1 is 1.08 bits per heavy atom. The van der Waals surface area contributed by atoms with E-state index in [0.717, 1.165) is 11.0 Å². The fourth-order valence-electron chi connectivity index (χ4n) is 2.45. The largest absolute Gasteiger partial charge is 0.455 e. The van der Waals surface area contributed by atoms with Crippen LogP contribution in [0.3, 0.4) is 0 Å². The first-order chi connectivity index (χ1) is 11.7. The molecular weight excluding hydrogens is 308 g/mol. The normalized spacial score (nSPS) is 13.3. The second kappa shape index (κ2) is 5.73. The Hall–Kier alpha value is -3.28. The lowest BCUT2D eigenvalue weighted by Gasteiger charge is -2.02. The zero-order valence-corrected chi connectivity index (χ0v) is 12.9. The topological polar surface area (TPSA) is 73.1 Å². The molecule has 0 saturated carbocycles. The average Bonchev–Trinajstić information content (AvgIpc) is 3.24. The lowest BCUT2D eigenvalue weighted by atomic mass is 10.2. The molecule has 1 aliphatic heterocycles. The van der Waals surface area contributed by atoms with Crippen LogP contribution in [0.4, 0.5) is 0 Å². The molecule has 0 spiro atoms. The van der Waals surface area contributed by atoms with Crippen LogP contribution in [-0.2, 0) is 0 Å². The molecule has 0 saturated heterocycles. The van der Waals surface area contributed by atoms with Gasteiger partial charge in [0, 0.05) is 10.9 Å². The Labute approximate surface area is 137 Å². The van der Waals surface area contributed by atoms with Crippen molar-refractivity contribution in [1.29, 1.82) is 0 Å². The summed E-state index contributed by atoms with van der Waals surface area (Å²) in [5.74, 6) is 1.47. The van der Waals surface area contributed by atoms with Crippen LogP contribution in [0.15, 0.2) is 58.0 Å². The first-order valence-electron chi connectivity index (χ1n) is 7.44. The van der Waals surface area contributed by atoms with Crippen LogP contribution in [0, 0.1) is 0 Å². The summed E-state index contributed by atoms with van der Waals surface area (Å²) in [6.45, 7) is 1.95. The van der Waals surface area contributed by atoms with Crippen molar-refractivity contribution >= 4 is 22.6 Å². The van der Waals surface area contributed by atoms with Crippen LogP contribution >= 0.6 is 0 Å². The van der Waals surface area contributed by atoms with Gasteiger partial charge in [0.2, 0.25) is 6.79 Å². The molecule has 1 amide bonds. The number of hydrazone groups is 1. The van der Waals surface area contributed by atoms with E-state index in [-0.39, 0.29) is 12.7 Å². The molecule has 4 rings (SSSR count). The van der Waals surface area contributed by atoms with Crippen LogP contribution < -0.4 is 14.9 Å². The molecule has 0 unspecified atom stereocenters. The van der Waals surface area contributed by atoms with Gasteiger partial charge in [-0.1, -0.05) is 18.2 Å². The number of rotatable bonds is 3. The van der Waals surface area contributed by atoms with E-state index in [1.165, 1.54) is 0 Å². The van der Waals surface area contributed by atoms with Crippen molar-refractivity contribution in [2.24, 2.45) is 5.10 Å². The summed E-state index contributed by atoms with van der Waals surface area (Å²) in [4.78, 5) is 12.2. The molecule has 0 bridgehead atoms. The molecule has 2 heterocycles. The third-order valence-corrected chi connectivity index (χ3v) is 3.74. The molecular formula is C18H14N2O4. The minimum Gasteiger partial charge on any atom is -0.455 e. The van der Waals surface area contributed by atoms with Gasteiger partial charge in [-0.3, -0.25) is 4.79 Å². The third kappa shape index (κ3) is 2.58. The molecule has 2 aromatic carbocycles. The zero-order valence-electron chi connectivity index (χ0n) is 12.9. The van der Waals surface area contributed by atoms with Gasteiger partial charge >= 0.3 is 0 Å². The number of nitrogens with one attached hydrogen (secondary N) is 1. The molecule has 0 aliphatic carbocycles. The van der Waals surface area contributed by atoms with Crippen LogP contribution in [0.2, 0.25) is 0 Å². The number of ether oxygens (including phenoxy) is 2. The van der Waals surface area contributed by atoms with Crippen molar-refractivity contribution in [3.63, 3.8) is 0 Å². The highest BCUT2D eigenvalue weighted by molar-refractivity contribution is 6.01. The molecule has 120 valence electrons. The summed E-state index contributed by atoms with van der Waals surface area (Å²) in [5, 5.41) is 5.10. The molecule has 0 atom stereocenters. The zero-order chi connectivity index (χ0) is 16.5. The number of fused-ring (bicyclic) bond motifs is 2. The quantitative estimate of drug-likeness (QED) is 0.593. The number of hydrogen-bond acceptors (Lipinski definition) is 5. The number of para-hydroxylation sites is 1. The molecule has 6 heteroatoms. The number of carbonyl (C=O) groups is 1. The Morgan fingerprint density at radius 2 is 1.92 bits per heavy atom. The smallest absolute Gasteiger partial charge is 0.271 e. The molecule has 1 N–H and O–H groups in total. The number of amides is 1. The number of benzene rings is 2. The van der Waals surface area contributed by atoms with Gasteiger partial charge in [0.05, 0.1) is 0 Å². The van der Waals surface area contributed by atoms with E-state index in [2.05, 4.69) is 10.5 Å². The van der Waals surface area contributed by atoms with Gasteiger partial charge in [-0.05, 0) is 37.3 Å². The van der Waals surface area contributed by atoms with Gasteiger partial charge in [0.15, 0.2) is 17.3 Å². The van der Waals surface area contributed by atoms with E-state index in [0.29, 0.717) is 28.5 Å². The minimum absolute atomic E-state index is 0.170. The summed E-state index contributed by atoms with van der Waals surface area (Å²) in [6.07, 6.45) is 0. The summed E-state index contributed by atoms with van der Waals surface area (Å²) >= 11 is 0. The summed E-state index contributed by atoms with van der Waals surface area (Å²) in [7, 11) is 0. The van der Waals surface area contributed by atoms with Crippen molar-refractivity contribution in [3.05, 3.63) is 59.9 Å². The highest BCUT2D eigenvalue weighted by Gasteiger charge is 2.16. The van der Waals surface area contributed by atoms with Gasteiger partial charge in [-0.15, -0.1) is 0 Å². The van der Waals surface area contributed by atoms with Crippen molar-refractivity contribution in [2.45, 2.75) is 6.92 Å². The first-order valence-corrected chi connectivity index (χ1v) is 7.44. The summed E-state index contributed by atoms with van der Waals surface area (Å²) in [6, 6.07) is 14.6. The fraction of sp³-hybridized carbons (Fsp3) is 0.111. The van der Waals surface area contributed by atoms with E-state index in [4.69, 9.17) is 13.9 Å². The van der Waals surface area contributed by atoms with Crippen LogP contribution in [0.25, 0.3) is 11.0 Å². The van der Waals surface area contributed by atoms with Gasteiger partial charge < -0.3 is 13.9 Å². The maximum Gasteiger partial charge on any atom is 0.271 e. The van der Waals surface area contributed by atoms with E-state index >= 15 is 0 Å². The minimum atomic E-state index is -0.330. The van der Waals surface area contributed by atoms with Gasteiger partial charge in [-0.25, -0.2) is 5.43 Å². The highest BCUT2D eigenvalue weighted by Crippen LogP contribution is 2.32.